The summed E-state index contributed by atoms with van der Waals surface area (Å²) in [7, 11) is 0. The van der Waals surface area contributed by atoms with Crippen LogP contribution in [0.1, 0.15) is 36.0 Å². The number of nitrogens with zero attached hydrogens (tertiary/aromatic N) is 1. The standard InChI is InChI=1S/C13H13FN2O2/c1-8(2)11-12(18-7-15-11)13(17)16-10-6-4-3-5-9(10)14/h3-8H,1-2H3,(H,16,17). The van der Waals surface area contributed by atoms with Crippen LogP contribution in [-0.4, -0.2) is 10.9 Å². The van der Waals surface area contributed by atoms with E-state index >= 15 is 0 Å². The van der Waals surface area contributed by atoms with E-state index < -0.39 is 11.7 Å². The predicted molar refractivity (Wildman–Crippen MR) is 64.9 cm³/mol. The summed E-state index contributed by atoms with van der Waals surface area (Å²) >= 11 is 0. The second kappa shape index (κ2) is 5.00. The van der Waals surface area contributed by atoms with Crippen LogP contribution in [0.5, 0.6) is 0 Å². The third-order valence-electron chi connectivity index (χ3n) is 2.47. The van der Waals surface area contributed by atoms with Gasteiger partial charge in [0.15, 0.2) is 6.39 Å². The molecule has 0 fully saturated rings. The van der Waals surface area contributed by atoms with Crippen molar-refractivity contribution in [3.8, 4) is 0 Å². The van der Waals surface area contributed by atoms with Crippen molar-refractivity contribution in [2.45, 2.75) is 19.8 Å². The summed E-state index contributed by atoms with van der Waals surface area (Å²) in [6.07, 6.45) is 1.21. The molecule has 0 aliphatic carbocycles. The number of benzene rings is 1. The van der Waals surface area contributed by atoms with Crippen molar-refractivity contribution in [3.05, 3.63) is 47.9 Å². The quantitative estimate of drug-likeness (QED) is 0.907. The number of amides is 1. The van der Waals surface area contributed by atoms with Gasteiger partial charge in [-0.3, -0.25) is 4.79 Å². The maximum absolute atomic E-state index is 13.4. The first-order valence-electron chi connectivity index (χ1n) is 5.59. The maximum Gasteiger partial charge on any atom is 0.293 e. The molecule has 1 aromatic carbocycles. The zero-order valence-corrected chi connectivity index (χ0v) is 10.1. The zero-order chi connectivity index (χ0) is 13.1. The minimum Gasteiger partial charge on any atom is -0.438 e. The van der Waals surface area contributed by atoms with Crippen LogP contribution in [0.2, 0.25) is 0 Å². The van der Waals surface area contributed by atoms with Crippen LogP contribution in [0, 0.1) is 5.82 Å². The third kappa shape index (κ3) is 2.40. The van der Waals surface area contributed by atoms with Gasteiger partial charge in [-0.25, -0.2) is 9.37 Å². The SMILES string of the molecule is CC(C)c1ncoc1C(=O)Nc1ccccc1F. The molecular formula is C13H13FN2O2. The fraction of sp³-hybridized carbons (Fsp3) is 0.231. The van der Waals surface area contributed by atoms with Crippen LogP contribution in [0.4, 0.5) is 10.1 Å². The van der Waals surface area contributed by atoms with E-state index in [0.29, 0.717) is 5.69 Å². The molecule has 0 saturated carbocycles. The molecule has 18 heavy (non-hydrogen) atoms. The molecular weight excluding hydrogens is 235 g/mol. The number of aromatic nitrogens is 1. The number of oxazole rings is 1. The smallest absolute Gasteiger partial charge is 0.293 e. The van der Waals surface area contributed by atoms with Crippen molar-refractivity contribution in [2.75, 3.05) is 5.32 Å². The van der Waals surface area contributed by atoms with Gasteiger partial charge in [0.05, 0.1) is 11.4 Å². The maximum atomic E-state index is 13.4. The molecule has 0 aliphatic heterocycles. The lowest BCUT2D eigenvalue weighted by Gasteiger charge is -2.06. The van der Waals surface area contributed by atoms with E-state index in [1.54, 1.807) is 12.1 Å². The van der Waals surface area contributed by atoms with Crippen LogP contribution in [0.3, 0.4) is 0 Å². The van der Waals surface area contributed by atoms with Gasteiger partial charge in [0, 0.05) is 0 Å². The summed E-state index contributed by atoms with van der Waals surface area (Å²) in [6, 6.07) is 5.96. The molecule has 2 aromatic rings. The van der Waals surface area contributed by atoms with Crippen molar-refractivity contribution < 1.29 is 13.6 Å². The van der Waals surface area contributed by atoms with Crippen LogP contribution >= 0.6 is 0 Å². The molecule has 94 valence electrons. The first-order valence-corrected chi connectivity index (χ1v) is 5.59. The van der Waals surface area contributed by atoms with E-state index in [1.807, 2.05) is 13.8 Å². The Kier molecular flexibility index (Phi) is 3.41. The Hall–Kier alpha value is -2.17. The molecule has 0 atom stereocenters. The van der Waals surface area contributed by atoms with Gasteiger partial charge in [0.2, 0.25) is 5.76 Å². The highest BCUT2D eigenvalue weighted by Gasteiger charge is 2.20. The third-order valence-corrected chi connectivity index (χ3v) is 2.47. The van der Waals surface area contributed by atoms with E-state index in [0.717, 1.165) is 0 Å². The summed E-state index contributed by atoms with van der Waals surface area (Å²) in [6.45, 7) is 3.80. The first kappa shape index (κ1) is 12.3. The number of para-hydroxylation sites is 1. The Balaban J connectivity index is 2.23. The van der Waals surface area contributed by atoms with Gasteiger partial charge in [-0.2, -0.15) is 0 Å². The van der Waals surface area contributed by atoms with E-state index in [2.05, 4.69) is 10.3 Å². The van der Waals surface area contributed by atoms with Gasteiger partial charge in [-0.15, -0.1) is 0 Å². The van der Waals surface area contributed by atoms with Gasteiger partial charge < -0.3 is 9.73 Å². The van der Waals surface area contributed by atoms with E-state index in [-0.39, 0.29) is 17.4 Å². The molecule has 0 bridgehead atoms. The Labute approximate surface area is 104 Å². The highest BCUT2D eigenvalue weighted by molar-refractivity contribution is 6.03. The van der Waals surface area contributed by atoms with E-state index in [9.17, 15) is 9.18 Å². The second-order valence-corrected chi connectivity index (χ2v) is 4.16. The molecule has 0 radical (unpaired) electrons. The van der Waals surface area contributed by atoms with Crippen molar-refractivity contribution in [1.82, 2.24) is 4.98 Å². The lowest BCUT2D eigenvalue weighted by atomic mass is 10.1. The summed E-state index contributed by atoms with van der Waals surface area (Å²) < 4.78 is 18.4. The number of carbonyl (C=O) groups excluding carboxylic acids is 1. The minimum absolute atomic E-state index is 0.0603. The molecule has 4 nitrogen and oxygen atoms in total. The van der Waals surface area contributed by atoms with E-state index in [1.165, 1.54) is 18.5 Å². The Morgan fingerprint density at radius 2 is 2.11 bits per heavy atom. The molecule has 0 spiro atoms. The molecule has 5 heteroatoms. The Morgan fingerprint density at radius 1 is 1.39 bits per heavy atom. The van der Waals surface area contributed by atoms with Crippen molar-refractivity contribution >= 4 is 11.6 Å². The summed E-state index contributed by atoms with van der Waals surface area (Å²) in [4.78, 5) is 15.9. The van der Waals surface area contributed by atoms with Crippen LogP contribution in [-0.2, 0) is 0 Å². The van der Waals surface area contributed by atoms with Crippen LogP contribution < -0.4 is 5.32 Å². The number of rotatable bonds is 3. The van der Waals surface area contributed by atoms with Gasteiger partial charge in [0.25, 0.3) is 5.91 Å². The minimum atomic E-state index is -0.499. The predicted octanol–water partition coefficient (Wildman–Crippen LogP) is 3.19. The number of hydrogen-bond donors (Lipinski definition) is 1. The average Bonchev–Trinajstić information content (AvgIpc) is 2.81. The van der Waals surface area contributed by atoms with Crippen molar-refractivity contribution in [2.24, 2.45) is 0 Å². The number of nitrogens with one attached hydrogen (secondary N) is 1. The summed E-state index contributed by atoms with van der Waals surface area (Å²) in [5.41, 5.74) is 0.678. The molecule has 1 N–H and O–H groups in total. The molecule has 0 aliphatic rings. The highest BCUT2D eigenvalue weighted by Crippen LogP contribution is 2.20. The van der Waals surface area contributed by atoms with E-state index in [4.69, 9.17) is 4.42 Å². The highest BCUT2D eigenvalue weighted by atomic mass is 19.1. The fourth-order valence-electron chi connectivity index (χ4n) is 1.58. The molecule has 1 aromatic heterocycles. The molecule has 2 rings (SSSR count). The molecule has 0 unspecified atom stereocenters. The topological polar surface area (TPSA) is 55.1 Å². The van der Waals surface area contributed by atoms with Gasteiger partial charge in [-0.05, 0) is 18.1 Å². The Bertz CT molecular complexity index is 564. The number of anilines is 1. The molecule has 0 saturated heterocycles. The average molecular weight is 248 g/mol. The monoisotopic (exact) mass is 248 g/mol. The second-order valence-electron chi connectivity index (χ2n) is 4.16. The molecule has 1 heterocycles. The number of halogens is 1. The zero-order valence-electron chi connectivity index (χ0n) is 10.1. The van der Waals surface area contributed by atoms with Gasteiger partial charge in [0.1, 0.15) is 5.82 Å². The summed E-state index contributed by atoms with van der Waals surface area (Å²) in [5, 5.41) is 2.46. The normalized spacial score (nSPS) is 10.7. The van der Waals surface area contributed by atoms with Crippen molar-refractivity contribution in [1.29, 1.82) is 0 Å². The van der Waals surface area contributed by atoms with Crippen LogP contribution in [0.25, 0.3) is 0 Å². The van der Waals surface area contributed by atoms with Crippen molar-refractivity contribution in [3.63, 3.8) is 0 Å². The molecule has 1 amide bonds. The summed E-state index contributed by atoms with van der Waals surface area (Å²) in [5.74, 6) is -0.809. The van der Waals surface area contributed by atoms with Gasteiger partial charge in [-0.1, -0.05) is 26.0 Å². The largest absolute Gasteiger partial charge is 0.438 e. The number of hydrogen-bond acceptors (Lipinski definition) is 3. The van der Waals surface area contributed by atoms with Crippen LogP contribution in [0.15, 0.2) is 35.1 Å². The fourth-order valence-corrected chi connectivity index (χ4v) is 1.58. The first-order chi connectivity index (χ1) is 8.59. The number of carbonyl (C=O) groups is 1. The lowest BCUT2D eigenvalue weighted by Crippen LogP contribution is -2.14. The Morgan fingerprint density at radius 3 is 2.78 bits per heavy atom. The van der Waals surface area contributed by atoms with Gasteiger partial charge >= 0.3 is 0 Å². The lowest BCUT2D eigenvalue weighted by molar-refractivity contribution is 0.0994.